The predicted molar refractivity (Wildman–Crippen MR) is 77.2 cm³/mol. The molecule has 4 heteroatoms. The Morgan fingerprint density at radius 1 is 1.40 bits per heavy atom. The Labute approximate surface area is 121 Å². The van der Waals surface area contributed by atoms with Crippen LogP contribution in [0.4, 0.5) is 0 Å². The molecule has 0 aromatic carbocycles. The largest absolute Gasteiger partial charge is 0.472 e. The van der Waals surface area contributed by atoms with Gasteiger partial charge in [0.05, 0.1) is 19.1 Å². The van der Waals surface area contributed by atoms with Gasteiger partial charge in [-0.2, -0.15) is 0 Å². The standard InChI is InChI=1S/C16H25NO3/c1-19-10-8-17(12-15-7-9-20-13-15)16(18)11-14-5-3-2-4-6-14/h7,9,13-14H,2-6,8,10-12H2,1H3. The molecule has 1 amide bonds. The summed E-state index contributed by atoms with van der Waals surface area (Å²) in [5, 5.41) is 0. The first-order chi connectivity index (χ1) is 9.79. The molecule has 0 atom stereocenters. The Morgan fingerprint density at radius 3 is 2.85 bits per heavy atom. The van der Waals surface area contributed by atoms with Crippen molar-refractivity contribution in [1.29, 1.82) is 0 Å². The van der Waals surface area contributed by atoms with E-state index in [0.717, 1.165) is 5.56 Å². The van der Waals surface area contributed by atoms with E-state index in [1.54, 1.807) is 19.6 Å². The number of carbonyl (C=O) groups is 1. The van der Waals surface area contributed by atoms with Gasteiger partial charge in [0, 0.05) is 32.2 Å². The first-order valence-electron chi connectivity index (χ1n) is 7.57. The monoisotopic (exact) mass is 279 g/mol. The van der Waals surface area contributed by atoms with Crippen LogP contribution in [0.25, 0.3) is 0 Å². The van der Waals surface area contributed by atoms with Gasteiger partial charge in [0.2, 0.25) is 5.91 Å². The van der Waals surface area contributed by atoms with Crippen LogP contribution in [0.3, 0.4) is 0 Å². The molecular formula is C16H25NO3. The zero-order valence-electron chi connectivity index (χ0n) is 12.3. The lowest BCUT2D eigenvalue weighted by atomic mass is 9.86. The van der Waals surface area contributed by atoms with Gasteiger partial charge in [-0.3, -0.25) is 4.79 Å². The number of methoxy groups -OCH3 is 1. The van der Waals surface area contributed by atoms with Crippen LogP contribution >= 0.6 is 0 Å². The van der Waals surface area contributed by atoms with Gasteiger partial charge in [-0.15, -0.1) is 0 Å². The van der Waals surface area contributed by atoms with Gasteiger partial charge in [-0.25, -0.2) is 0 Å². The lowest BCUT2D eigenvalue weighted by Gasteiger charge is -2.26. The summed E-state index contributed by atoms with van der Waals surface area (Å²) in [4.78, 5) is 14.4. The molecule has 112 valence electrons. The zero-order valence-corrected chi connectivity index (χ0v) is 12.3. The second kappa shape index (κ2) is 8.10. The maximum absolute atomic E-state index is 12.5. The van der Waals surface area contributed by atoms with Crippen molar-refractivity contribution < 1.29 is 13.9 Å². The highest BCUT2D eigenvalue weighted by molar-refractivity contribution is 5.76. The molecule has 1 saturated carbocycles. The zero-order chi connectivity index (χ0) is 14.2. The number of amides is 1. The fourth-order valence-electron chi connectivity index (χ4n) is 2.86. The van der Waals surface area contributed by atoms with E-state index < -0.39 is 0 Å². The minimum absolute atomic E-state index is 0.246. The lowest BCUT2D eigenvalue weighted by molar-refractivity contribution is -0.133. The highest BCUT2D eigenvalue weighted by atomic mass is 16.5. The Morgan fingerprint density at radius 2 is 2.20 bits per heavy atom. The summed E-state index contributed by atoms with van der Waals surface area (Å²) in [7, 11) is 1.67. The first kappa shape index (κ1) is 15.1. The molecule has 0 spiro atoms. The fraction of sp³-hybridized carbons (Fsp3) is 0.688. The van der Waals surface area contributed by atoms with Gasteiger partial charge >= 0.3 is 0 Å². The van der Waals surface area contributed by atoms with Gasteiger partial charge in [0.1, 0.15) is 0 Å². The predicted octanol–water partition coefficient (Wildman–Crippen LogP) is 3.23. The molecule has 0 saturated heterocycles. The molecule has 4 nitrogen and oxygen atoms in total. The van der Waals surface area contributed by atoms with E-state index in [1.165, 1.54) is 32.1 Å². The summed E-state index contributed by atoms with van der Waals surface area (Å²) in [5.41, 5.74) is 1.04. The molecule has 0 unspecified atom stereocenters. The molecule has 1 aromatic heterocycles. The third kappa shape index (κ3) is 4.67. The molecule has 1 aromatic rings. The van der Waals surface area contributed by atoms with Gasteiger partial charge in [-0.05, 0) is 24.8 Å². The van der Waals surface area contributed by atoms with Crippen LogP contribution in [0, 0.1) is 5.92 Å². The van der Waals surface area contributed by atoms with Crippen LogP contribution in [0.1, 0.15) is 44.1 Å². The van der Waals surface area contributed by atoms with E-state index in [1.807, 2.05) is 11.0 Å². The quantitative estimate of drug-likeness (QED) is 0.769. The molecule has 0 bridgehead atoms. The van der Waals surface area contributed by atoms with E-state index in [2.05, 4.69) is 0 Å². The molecule has 1 aliphatic carbocycles. The van der Waals surface area contributed by atoms with Gasteiger partial charge in [0.15, 0.2) is 0 Å². The topological polar surface area (TPSA) is 42.7 Å². The molecule has 20 heavy (non-hydrogen) atoms. The smallest absolute Gasteiger partial charge is 0.223 e. The SMILES string of the molecule is COCCN(Cc1ccoc1)C(=O)CC1CCCCC1. The molecule has 1 fully saturated rings. The van der Waals surface area contributed by atoms with Crippen LogP contribution in [0.2, 0.25) is 0 Å². The van der Waals surface area contributed by atoms with Crippen molar-refractivity contribution in [3.05, 3.63) is 24.2 Å². The summed E-state index contributed by atoms with van der Waals surface area (Å²) in [6.45, 7) is 1.84. The molecule has 2 rings (SSSR count). The van der Waals surface area contributed by atoms with E-state index in [4.69, 9.17) is 9.15 Å². The number of hydrogen-bond acceptors (Lipinski definition) is 3. The second-order valence-electron chi connectivity index (χ2n) is 5.65. The van der Waals surface area contributed by atoms with Crippen molar-refractivity contribution in [2.24, 2.45) is 5.92 Å². The van der Waals surface area contributed by atoms with E-state index in [9.17, 15) is 4.79 Å². The number of hydrogen-bond donors (Lipinski definition) is 0. The molecule has 0 aliphatic heterocycles. The van der Waals surface area contributed by atoms with Gasteiger partial charge in [-0.1, -0.05) is 19.3 Å². The van der Waals surface area contributed by atoms with Crippen LogP contribution in [0.5, 0.6) is 0 Å². The Balaban J connectivity index is 1.88. The number of furan rings is 1. The molecule has 1 heterocycles. The summed E-state index contributed by atoms with van der Waals surface area (Å²) in [6, 6.07) is 1.91. The lowest BCUT2D eigenvalue weighted by Crippen LogP contribution is -2.34. The van der Waals surface area contributed by atoms with E-state index in [-0.39, 0.29) is 5.91 Å². The van der Waals surface area contributed by atoms with Crippen LogP contribution in [0.15, 0.2) is 23.0 Å². The maximum Gasteiger partial charge on any atom is 0.223 e. The van der Waals surface area contributed by atoms with Gasteiger partial charge in [0.25, 0.3) is 0 Å². The highest BCUT2D eigenvalue weighted by Crippen LogP contribution is 2.27. The van der Waals surface area contributed by atoms with E-state index in [0.29, 0.717) is 32.0 Å². The molecule has 0 radical (unpaired) electrons. The Kier molecular flexibility index (Phi) is 6.12. The average molecular weight is 279 g/mol. The Hall–Kier alpha value is -1.29. The van der Waals surface area contributed by atoms with Crippen LogP contribution in [-0.2, 0) is 16.1 Å². The van der Waals surface area contributed by atoms with Crippen molar-refractivity contribution >= 4 is 5.91 Å². The average Bonchev–Trinajstić information content (AvgIpc) is 2.97. The number of nitrogens with zero attached hydrogens (tertiary/aromatic N) is 1. The summed E-state index contributed by atoms with van der Waals surface area (Å²) >= 11 is 0. The number of rotatable bonds is 7. The third-order valence-electron chi connectivity index (χ3n) is 4.06. The summed E-state index contributed by atoms with van der Waals surface area (Å²) in [6.07, 6.45) is 10.3. The summed E-state index contributed by atoms with van der Waals surface area (Å²) in [5.74, 6) is 0.820. The van der Waals surface area contributed by atoms with Crippen LogP contribution < -0.4 is 0 Å². The molecule has 0 N–H and O–H groups in total. The third-order valence-corrected chi connectivity index (χ3v) is 4.06. The van der Waals surface area contributed by atoms with E-state index >= 15 is 0 Å². The Bertz CT molecular complexity index is 382. The molecule has 1 aliphatic rings. The number of carbonyl (C=O) groups excluding carboxylic acids is 1. The highest BCUT2D eigenvalue weighted by Gasteiger charge is 2.21. The fourth-order valence-corrected chi connectivity index (χ4v) is 2.86. The second-order valence-corrected chi connectivity index (χ2v) is 5.65. The van der Waals surface area contributed by atoms with Gasteiger partial charge < -0.3 is 14.1 Å². The van der Waals surface area contributed by atoms with Crippen molar-refractivity contribution in [2.75, 3.05) is 20.3 Å². The first-order valence-corrected chi connectivity index (χ1v) is 7.57. The minimum atomic E-state index is 0.246. The normalized spacial score (nSPS) is 16.2. The molecular weight excluding hydrogens is 254 g/mol. The minimum Gasteiger partial charge on any atom is -0.472 e. The van der Waals surface area contributed by atoms with Crippen LogP contribution in [-0.4, -0.2) is 31.1 Å². The maximum atomic E-state index is 12.5. The van der Waals surface area contributed by atoms with Crippen molar-refractivity contribution in [1.82, 2.24) is 4.90 Å². The van der Waals surface area contributed by atoms with Crippen molar-refractivity contribution in [2.45, 2.75) is 45.1 Å². The summed E-state index contributed by atoms with van der Waals surface area (Å²) < 4.78 is 10.2. The van der Waals surface area contributed by atoms with Crippen molar-refractivity contribution in [3.63, 3.8) is 0 Å². The number of ether oxygens (including phenoxy) is 1. The van der Waals surface area contributed by atoms with Crippen molar-refractivity contribution in [3.8, 4) is 0 Å².